The molecule has 0 saturated carbocycles. The van der Waals surface area contributed by atoms with Crippen LogP contribution in [0.3, 0.4) is 0 Å². The van der Waals surface area contributed by atoms with Gasteiger partial charge in [0.15, 0.2) is 0 Å². The predicted octanol–water partition coefficient (Wildman–Crippen LogP) is -0.377. The molecule has 2 atom stereocenters. The van der Waals surface area contributed by atoms with Crippen LogP contribution in [0.1, 0.15) is 6.42 Å². The van der Waals surface area contributed by atoms with E-state index in [1.54, 1.807) is 24.4 Å². The van der Waals surface area contributed by atoms with Crippen LogP contribution in [0.25, 0.3) is 0 Å². The Labute approximate surface area is 92.7 Å². The van der Waals surface area contributed by atoms with Crippen molar-refractivity contribution in [1.29, 1.82) is 0 Å². The summed E-state index contributed by atoms with van der Waals surface area (Å²) in [5.41, 5.74) is 5.45. The van der Waals surface area contributed by atoms with Crippen molar-refractivity contribution < 1.29 is 19.7 Å². The molecule has 16 heavy (non-hydrogen) atoms. The van der Waals surface area contributed by atoms with E-state index in [0.29, 0.717) is 5.88 Å². The molecule has 0 aliphatic rings. The van der Waals surface area contributed by atoms with Gasteiger partial charge in [0.1, 0.15) is 12.7 Å². The maximum Gasteiger partial charge on any atom is 0.305 e. The fraction of sp³-hybridized carbons (Fsp3) is 0.400. The Bertz CT molecular complexity index is 331. The zero-order valence-corrected chi connectivity index (χ0v) is 8.61. The molecule has 4 N–H and O–H groups in total. The molecule has 1 aromatic heterocycles. The first-order valence-corrected chi connectivity index (χ1v) is 4.79. The van der Waals surface area contributed by atoms with Gasteiger partial charge in [-0.25, -0.2) is 4.98 Å². The van der Waals surface area contributed by atoms with Crippen LogP contribution in [0.5, 0.6) is 5.88 Å². The van der Waals surface area contributed by atoms with Gasteiger partial charge in [0.25, 0.3) is 0 Å². The van der Waals surface area contributed by atoms with Crippen LogP contribution in [0.4, 0.5) is 0 Å². The maximum absolute atomic E-state index is 10.3. The average Bonchev–Trinajstić information content (AvgIpc) is 2.26. The second-order valence-electron chi connectivity index (χ2n) is 3.31. The fourth-order valence-corrected chi connectivity index (χ4v) is 1.06. The van der Waals surface area contributed by atoms with Gasteiger partial charge in [0.2, 0.25) is 5.88 Å². The summed E-state index contributed by atoms with van der Waals surface area (Å²) in [6, 6.07) is 4.27. The Morgan fingerprint density at radius 2 is 2.31 bits per heavy atom. The van der Waals surface area contributed by atoms with E-state index in [2.05, 4.69) is 4.98 Å². The minimum absolute atomic E-state index is 0.0779. The van der Waals surface area contributed by atoms with E-state index in [1.165, 1.54) is 0 Å². The van der Waals surface area contributed by atoms with Gasteiger partial charge >= 0.3 is 5.97 Å². The van der Waals surface area contributed by atoms with Gasteiger partial charge in [0, 0.05) is 18.3 Å². The normalized spacial score (nSPS) is 14.1. The number of aliphatic hydroxyl groups is 1. The van der Waals surface area contributed by atoms with Crippen molar-refractivity contribution in [3.63, 3.8) is 0 Å². The molecule has 0 bridgehead atoms. The van der Waals surface area contributed by atoms with Gasteiger partial charge < -0.3 is 20.7 Å². The van der Waals surface area contributed by atoms with Crippen molar-refractivity contribution >= 4 is 5.97 Å². The van der Waals surface area contributed by atoms with E-state index in [9.17, 15) is 9.90 Å². The number of nitrogens with zero attached hydrogens (tertiary/aromatic N) is 1. The van der Waals surface area contributed by atoms with Crippen molar-refractivity contribution in [3.8, 4) is 5.88 Å². The highest BCUT2D eigenvalue weighted by atomic mass is 16.5. The van der Waals surface area contributed by atoms with E-state index < -0.39 is 18.1 Å². The molecule has 0 radical (unpaired) electrons. The number of pyridine rings is 1. The monoisotopic (exact) mass is 226 g/mol. The van der Waals surface area contributed by atoms with Crippen LogP contribution in [0.2, 0.25) is 0 Å². The third-order valence-electron chi connectivity index (χ3n) is 1.94. The third kappa shape index (κ3) is 4.24. The lowest BCUT2D eigenvalue weighted by molar-refractivity contribution is -0.138. The predicted molar refractivity (Wildman–Crippen MR) is 56.0 cm³/mol. The molecule has 0 aromatic carbocycles. The SMILES string of the molecule is N[C@@H](CC(=O)O)C(O)COc1ccccn1. The molecule has 0 spiro atoms. The maximum atomic E-state index is 10.3. The van der Waals surface area contributed by atoms with Gasteiger partial charge in [-0.3, -0.25) is 4.79 Å². The van der Waals surface area contributed by atoms with Crippen molar-refractivity contribution in [2.75, 3.05) is 6.61 Å². The molecule has 0 amide bonds. The first kappa shape index (κ1) is 12.4. The molecule has 0 fully saturated rings. The first-order valence-electron chi connectivity index (χ1n) is 4.79. The Balaban J connectivity index is 2.35. The van der Waals surface area contributed by atoms with Crippen molar-refractivity contribution in [1.82, 2.24) is 4.98 Å². The Morgan fingerprint density at radius 3 is 2.88 bits per heavy atom. The average molecular weight is 226 g/mol. The number of carbonyl (C=O) groups is 1. The molecule has 0 aliphatic carbocycles. The number of nitrogens with two attached hydrogens (primary N) is 1. The quantitative estimate of drug-likeness (QED) is 0.610. The largest absolute Gasteiger partial charge is 0.481 e. The summed E-state index contributed by atoms with van der Waals surface area (Å²) >= 11 is 0. The third-order valence-corrected chi connectivity index (χ3v) is 1.94. The molecule has 1 heterocycles. The number of aromatic nitrogens is 1. The molecule has 6 heteroatoms. The summed E-state index contributed by atoms with van der Waals surface area (Å²) in [4.78, 5) is 14.2. The Hall–Kier alpha value is -1.66. The lowest BCUT2D eigenvalue weighted by Crippen LogP contribution is -2.40. The smallest absolute Gasteiger partial charge is 0.305 e. The zero-order valence-electron chi connectivity index (χ0n) is 8.61. The van der Waals surface area contributed by atoms with Crippen LogP contribution in [0.15, 0.2) is 24.4 Å². The zero-order chi connectivity index (χ0) is 12.0. The molecule has 1 aromatic rings. The van der Waals surface area contributed by atoms with E-state index in [4.69, 9.17) is 15.6 Å². The topological polar surface area (TPSA) is 106 Å². The van der Waals surface area contributed by atoms with E-state index in [0.717, 1.165) is 0 Å². The van der Waals surface area contributed by atoms with Gasteiger partial charge in [-0.1, -0.05) is 6.07 Å². The van der Waals surface area contributed by atoms with Gasteiger partial charge in [-0.2, -0.15) is 0 Å². The minimum Gasteiger partial charge on any atom is -0.481 e. The van der Waals surface area contributed by atoms with Crippen molar-refractivity contribution in [3.05, 3.63) is 24.4 Å². The molecule has 0 saturated heterocycles. The highest BCUT2D eigenvalue weighted by Gasteiger charge is 2.18. The number of hydrogen-bond donors (Lipinski definition) is 3. The second-order valence-corrected chi connectivity index (χ2v) is 3.31. The summed E-state index contributed by atoms with van der Waals surface area (Å²) in [6.07, 6.45) is 0.226. The van der Waals surface area contributed by atoms with Crippen LogP contribution in [-0.2, 0) is 4.79 Å². The lowest BCUT2D eigenvalue weighted by atomic mass is 10.1. The summed E-state index contributed by atoms with van der Waals surface area (Å²) in [5.74, 6) is -0.687. The van der Waals surface area contributed by atoms with Crippen molar-refractivity contribution in [2.24, 2.45) is 5.73 Å². The summed E-state index contributed by atoms with van der Waals surface area (Å²) in [7, 11) is 0. The van der Waals surface area contributed by atoms with Gasteiger partial charge in [-0.05, 0) is 6.07 Å². The Morgan fingerprint density at radius 1 is 1.56 bits per heavy atom. The van der Waals surface area contributed by atoms with E-state index in [-0.39, 0.29) is 13.0 Å². The van der Waals surface area contributed by atoms with Crippen LogP contribution >= 0.6 is 0 Å². The lowest BCUT2D eigenvalue weighted by Gasteiger charge is -2.17. The molecular formula is C10H14N2O4. The minimum atomic E-state index is -1.05. The molecular weight excluding hydrogens is 212 g/mol. The number of hydrogen-bond acceptors (Lipinski definition) is 5. The van der Waals surface area contributed by atoms with Crippen molar-refractivity contribution in [2.45, 2.75) is 18.6 Å². The van der Waals surface area contributed by atoms with Gasteiger partial charge in [-0.15, -0.1) is 0 Å². The van der Waals surface area contributed by atoms with E-state index >= 15 is 0 Å². The first-order chi connectivity index (χ1) is 7.59. The van der Waals surface area contributed by atoms with Gasteiger partial charge in [0.05, 0.1) is 6.42 Å². The van der Waals surface area contributed by atoms with Crippen LogP contribution < -0.4 is 10.5 Å². The number of rotatable bonds is 6. The number of carboxylic acid groups (broad SMARTS) is 1. The fourth-order valence-electron chi connectivity index (χ4n) is 1.06. The standard InChI is InChI=1S/C10H14N2O4/c11-7(5-10(14)15)8(13)6-16-9-3-1-2-4-12-9/h1-4,7-8,13H,5-6,11H2,(H,14,15)/t7-,8?/m0/s1. The number of aliphatic hydroxyl groups excluding tert-OH is 1. The number of aliphatic carboxylic acids is 1. The van der Waals surface area contributed by atoms with E-state index in [1.807, 2.05) is 0 Å². The number of ether oxygens (including phenoxy) is 1. The molecule has 0 aliphatic heterocycles. The Kier molecular flexibility index (Phi) is 4.68. The summed E-state index contributed by atoms with van der Waals surface area (Å²) < 4.78 is 5.14. The molecule has 88 valence electrons. The second kappa shape index (κ2) is 6.04. The van der Waals surface area contributed by atoms with Crippen LogP contribution in [-0.4, -0.2) is 39.9 Å². The summed E-state index contributed by atoms with van der Waals surface area (Å²) in [6.45, 7) is -0.0779. The summed E-state index contributed by atoms with van der Waals surface area (Å²) in [5, 5.41) is 18.0. The highest BCUT2D eigenvalue weighted by molar-refractivity contribution is 5.67. The molecule has 1 unspecified atom stereocenters. The molecule has 6 nitrogen and oxygen atoms in total. The molecule has 1 rings (SSSR count). The number of carboxylic acids is 1. The highest BCUT2D eigenvalue weighted by Crippen LogP contribution is 2.05. The van der Waals surface area contributed by atoms with Crippen LogP contribution in [0, 0.1) is 0 Å².